The van der Waals surface area contributed by atoms with E-state index in [0.29, 0.717) is 18.4 Å². The summed E-state index contributed by atoms with van der Waals surface area (Å²) in [4.78, 5) is 14.0. The first-order chi connectivity index (χ1) is 8.83. The number of carbonyl (C=O) groups excluding carboxylic acids is 1. The molecule has 96 valence electrons. The molecular formula is C15H20N2O. The topological polar surface area (TPSA) is 32.3 Å². The second-order valence-electron chi connectivity index (χ2n) is 5.33. The van der Waals surface area contributed by atoms with Crippen LogP contribution in [0.15, 0.2) is 24.3 Å². The van der Waals surface area contributed by atoms with E-state index in [-0.39, 0.29) is 0 Å². The van der Waals surface area contributed by atoms with Gasteiger partial charge in [-0.25, -0.2) is 0 Å². The van der Waals surface area contributed by atoms with Crippen molar-refractivity contribution in [1.29, 1.82) is 0 Å². The van der Waals surface area contributed by atoms with E-state index in [9.17, 15) is 4.79 Å². The summed E-state index contributed by atoms with van der Waals surface area (Å²) in [5.41, 5.74) is 2.63. The highest BCUT2D eigenvalue weighted by molar-refractivity contribution is 5.76. The van der Waals surface area contributed by atoms with Crippen LogP contribution in [-0.2, 0) is 11.2 Å². The predicted octanol–water partition coefficient (Wildman–Crippen LogP) is 2.43. The van der Waals surface area contributed by atoms with Gasteiger partial charge in [-0.3, -0.25) is 4.79 Å². The van der Waals surface area contributed by atoms with Crippen molar-refractivity contribution in [2.45, 2.75) is 38.1 Å². The predicted molar refractivity (Wildman–Crippen MR) is 72.6 cm³/mol. The van der Waals surface area contributed by atoms with E-state index >= 15 is 0 Å². The van der Waals surface area contributed by atoms with Gasteiger partial charge in [-0.15, -0.1) is 0 Å². The molecule has 3 heteroatoms. The standard InChI is InChI=1S/C15H20N2O/c18-15(17-9-3-4-10-17)8-7-13-11-12-5-1-2-6-14(12)16-13/h1-2,5-6,13,16H,3-4,7-11H2. The number of hydrogen-bond acceptors (Lipinski definition) is 2. The lowest BCUT2D eigenvalue weighted by Crippen LogP contribution is -2.29. The quantitative estimate of drug-likeness (QED) is 0.885. The monoisotopic (exact) mass is 244 g/mol. The molecule has 2 aliphatic heterocycles. The molecule has 3 nitrogen and oxygen atoms in total. The summed E-state index contributed by atoms with van der Waals surface area (Å²) in [5.74, 6) is 0.338. The molecule has 2 heterocycles. The second kappa shape index (κ2) is 5.01. The van der Waals surface area contributed by atoms with Crippen molar-refractivity contribution in [3.05, 3.63) is 29.8 Å². The van der Waals surface area contributed by atoms with Gasteiger partial charge in [-0.1, -0.05) is 18.2 Å². The third-order valence-electron chi connectivity index (χ3n) is 4.01. The van der Waals surface area contributed by atoms with Crippen molar-refractivity contribution in [2.24, 2.45) is 0 Å². The Labute approximate surface area is 108 Å². The van der Waals surface area contributed by atoms with E-state index in [4.69, 9.17) is 0 Å². The largest absolute Gasteiger partial charge is 0.382 e. The van der Waals surface area contributed by atoms with Crippen LogP contribution in [0.1, 0.15) is 31.2 Å². The van der Waals surface area contributed by atoms with Crippen LogP contribution in [0.2, 0.25) is 0 Å². The number of nitrogens with zero attached hydrogens (tertiary/aromatic N) is 1. The van der Waals surface area contributed by atoms with Gasteiger partial charge in [0, 0.05) is 31.2 Å². The van der Waals surface area contributed by atoms with Gasteiger partial charge in [0.05, 0.1) is 0 Å². The van der Waals surface area contributed by atoms with Crippen molar-refractivity contribution in [1.82, 2.24) is 4.90 Å². The molecule has 1 aromatic carbocycles. The van der Waals surface area contributed by atoms with Crippen molar-refractivity contribution >= 4 is 11.6 Å². The molecular weight excluding hydrogens is 224 g/mol. The summed E-state index contributed by atoms with van der Waals surface area (Å²) in [7, 11) is 0. The Morgan fingerprint density at radius 1 is 1.28 bits per heavy atom. The molecule has 1 atom stereocenters. The number of fused-ring (bicyclic) bond motifs is 1. The van der Waals surface area contributed by atoms with Crippen LogP contribution in [0.5, 0.6) is 0 Å². The highest BCUT2D eigenvalue weighted by Crippen LogP contribution is 2.27. The minimum Gasteiger partial charge on any atom is -0.382 e. The van der Waals surface area contributed by atoms with Crippen LogP contribution in [0.3, 0.4) is 0 Å². The van der Waals surface area contributed by atoms with Gasteiger partial charge in [-0.2, -0.15) is 0 Å². The fourth-order valence-electron chi connectivity index (χ4n) is 2.97. The minimum absolute atomic E-state index is 0.338. The Morgan fingerprint density at radius 3 is 2.83 bits per heavy atom. The number of carbonyl (C=O) groups is 1. The van der Waals surface area contributed by atoms with Crippen LogP contribution in [0.25, 0.3) is 0 Å². The van der Waals surface area contributed by atoms with E-state index in [0.717, 1.165) is 25.9 Å². The van der Waals surface area contributed by atoms with E-state index in [1.54, 1.807) is 0 Å². The number of hydrogen-bond donors (Lipinski definition) is 1. The molecule has 0 aromatic heterocycles. The number of rotatable bonds is 3. The highest BCUT2D eigenvalue weighted by Gasteiger charge is 2.23. The summed E-state index contributed by atoms with van der Waals surface area (Å²) in [6, 6.07) is 8.87. The van der Waals surface area contributed by atoms with Gasteiger partial charge >= 0.3 is 0 Å². The number of para-hydroxylation sites is 1. The summed E-state index contributed by atoms with van der Waals surface area (Å²) in [5, 5.41) is 3.51. The molecule has 3 rings (SSSR count). The third-order valence-corrected chi connectivity index (χ3v) is 4.01. The first-order valence-electron chi connectivity index (χ1n) is 6.95. The zero-order valence-electron chi connectivity index (χ0n) is 10.7. The molecule has 1 fully saturated rings. The van der Waals surface area contributed by atoms with Crippen LogP contribution in [0.4, 0.5) is 5.69 Å². The number of amides is 1. The zero-order valence-corrected chi connectivity index (χ0v) is 10.7. The first kappa shape index (κ1) is 11.6. The summed E-state index contributed by atoms with van der Waals surface area (Å²) < 4.78 is 0. The van der Waals surface area contributed by atoms with E-state index in [2.05, 4.69) is 29.6 Å². The lowest BCUT2D eigenvalue weighted by molar-refractivity contribution is -0.130. The highest BCUT2D eigenvalue weighted by atomic mass is 16.2. The SMILES string of the molecule is O=C(CCC1Cc2ccccc2N1)N1CCCC1. The average Bonchev–Trinajstić information content (AvgIpc) is 3.04. The molecule has 0 radical (unpaired) electrons. The number of anilines is 1. The molecule has 18 heavy (non-hydrogen) atoms. The molecule has 1 aromatic rings. The summed E-state index contributed by atoms with van der Waals surface area (Å²) >= 11 is 0. The number of likely N-dealkylation sites (tertiary alicyclic amines) is 1. The van der Waals surface area contributed by atoms with Gasteiger partial charge in [0.2, 0.25) is 5.91 Å². The summed E-state index contributed by atoms with van der Waals surface area (Å²) in [6.07, 6.45) is 5.05. The smallest absolute Gasteiger partial charge is 0.222 e. The maximum atomic E-state index is 12.0. The molecule has 0 bridgehead atoms. The lowest BCUT2D eigenvalue weighted by atomic mass is 10.1. The van der Waals surface area contributed by atoms with Crippen LogP contribution in [0, 0.1) is 0 Å². The Kier molecular flexibility index (Phi) is 3.22. The normalized spacial score (nSPS) is 21.8. The van der Waals surface area contributed by atoms with Gasteiger partial charge in [0.15, 0.2) is 0 Å². The molecule has 2 aliphatic rings. The van der Waals surface area contributed by atoms with Crippen LogP contribution in [-0.4, -0.2) is 29.9 Å². The first-order valence-corrected chi connectivity index (χ1v) is 6.95. The van der Waals surface area contributed by atoms with Gasteiger partial charge < -0.3 is 10.2 Å². The summed E-state index contributed by atoms with van der Waals surface area (Å²) in [6.45, 7) is 1.94. The fourth-order valence-corrected chi connectivity index (χ4v) is 2.97. The maximum absolute atomic E-state index is 12.0. The van der Waals surface area contributed by atoms with E-state index < -0.39 is 0 Å². The van der Waals surface area contributed by atoms with E-state index in [1.165, 1.54) is 24.1 Å². The Balaban J connectivity index is 1.49. The van der Waals surface area contributed by atoms with Crippen molar-refractivity contribution in [2.75, 3.05) is 18.4 Å². The van der Waals surface area contributed by atoms with Crippen LogP contribution < -0.4 is 5.32 Å². The molecule has 1 unspecified atom stereocenters. The molecule has 0 aliphatic carbocycles. The number of benzene rings is 1. The minimum atomic E-state index is 0.338. The lowest BCUT2D eigenvalue weighted by Gasteiger charge is -2.17. The second-order valence-corrected chi connectivity index (χ2v) is 5.33. The molecule has 0 saturated carbocycles. The van der Waals surface area contributed by atoms with E-state index in [1.807, 2.05) is 4.90 Å². The Morgan fingerprint density at radius 2 is 2.06 bits per heavy atom. The molecule has 1 N–H and O–H groups in total. The van der Waals surface area contributed by atoms with Gasteiger partial charge in [0.25, 0.3) is 0 Å². The number of nitrogens with one attached hydrogen (secondary N) is 1. The molecule has 1 saturated heterocycles. The Bertz CT molecular complexity index is 413. The Hall–Kier alpha value is -1.51. The van der Waals surface area contributed by atoms with Crippen molar-refractivity contribution in [3.8, 4) is 0 Å². The molecule has 1 amide bonds. The van der Waals surface area contributed by atoms with Gasteiger partial charge in [-0.05, 0) is 37.3 Å². The van der Waals surface area contributed by atoms with Gasteiger partial charge in [0.1, 0.15) is 0 Å². The zero-order chi connectivity index (χ0) is 12.4. The van der Waals surface area contributed by atoms with Crippen LogP contribution >= 0.6 is 0 Å². The third kappa shape index (κ3) is 2.35. The molecule has 0 spiro atoms. The maximum Gasteiger partial charge on any atom is 0.222 e. The van der Waals surface area contributed by atoms with Crippen molar-refractivity contribution < 1.29 is 4.79 Å². The fraction of sp³-hybridized carbons (Fsp3) is 0.533. The van der Waals surface area contributed by atoms with Crippen molar-refractivity contribution in [3.63, 3.8) is 0 Å². The average molecular weight is 244 g/mol.